The highest BCUT2D eigenvalue weighted by atomic mass is 32.1. The number of aliphatic hydroxyl groups is 1. The summed E-state index contributed by atoms with van der Waals surface area (Å²) in [5.41, 5.74) is 3.79. The highest BCUT2D eigenvalue weighted by molar-refractivity contribution is 7.11. The number of hydrogen-bond acceptors (Lipinski definition) is 6. The van der Waals surface area contributed by atoms with Crippen LogP contribution >= 0.6 is 11.3 Å². The van der Waals surface area contributed by atoms with Crippen LogP contribution in [0.1, 0.15) is 16.0 Å². The number of anilines is 1. The Morgan fingerprint density at radius 1 is 1.00 bits per heavy atom. The van der Waals surface area contributed by atoms with Gasteiger partial charge in [-0.1, -0.05) is 12.1 Å². The van der Waals surface area contributed by atoms with E-state index in [9.17, 15) is 14.7 Å². The summed E-state index contributed by atoms with van der Waals surface area (Å²) in [6.07, 6.45) is 0. The van der Waals surface area contributed by atoms with Gasteiger partial charge in [-0.3, -0.25) is 14.5 Å². The zero-order chi connectivity index (χ0) is 20.5. The SMILES string of the molecule is Cc1ccc(N2C(=O)C(c3cccs3)=C(N3CCN(CCO)CC3)C2=O)cc1C. The van der Waals surface area contributed by atoms with Crippen LogP contribution in [0, 0.1) is 13.8 Å². The molecule has 2 aliphatic heterocycles. The van der Waals surface area contributed by atoms with Crippen molar-refractivity contribution >= 4 is 34.4 Å². The predicted molar refractivity (Wildman–Crippen MR) is 115 cm³/mol. The van der Waals surface area contributed by atoms with E-state index in [1.54, 1.807) is 0 Å². The van der Waals surface area contributed by atoms with Crippen LogP contribution in [0.3, 0.4) is 0 Å². The van der Waals surface area contributed by atoms with Crippen LogP contribution in [-0.4, -0.2) is 66.1 Å². The monoisotopic (exact) mass is 411 g/mol. The maximum atomic E-state index is 13.5. The maximum Gasteiger partial charge on any atom is 0.282 e. The van der Waals surface area contributed by atoms with Crippen LogP contribution in [0.2, 0.25) is 0 Å². The van der Waals surface area contributed by atoms with E-state index >= 15 is 0 Å². The van der Waals surface area contributed by atoms with E-state index in [1.807, 2.05) is 54.5 Å². The van der Waals surface area contributed by atoms with Gasteiger partial charge in [-0.05, 0) is 48.6 Å². The van der Waals surface area contributed by atoms with Gasteiger partial charge in [0.05, 0.1) is 17.9 Å². The first kappa shape index (κ1) is 19.8. The summed E-state index contributed by atoms with van der Waals surface area (Å²) in [7, 11) is 0. The normalized spacial score (nSPS) is 18.3. The molecule has 3 heterocycles. The molecule has 0 bridgehead atoms. The van der Waals surface area contributed by atoms with Gasteiger partial charge in [-0.15, -0.1) is 11.3 Å². The summed E-state index contributed by atoms with van der Waals surface area (Å²) in [4.78, 5) is 33.2. The van der Waals surface area contributed by atoms with Crippen LogP contribution in [0.15, 0.2) is 41.4 Å². The molecule has 0 atom stereocenters. The fourth-order valence-corrected chi connectivity index (χ4v) is 4.65. The van der Waals surface area contributed by atoms with Crippen molar-refractivity contribution in [3.63, 3.8) is 0 Å². The molecule has 0 aliphatic carbocycles. The molecule has 1 saturated heterocycles. The average molecular weight is 412 g/mol. The minimum atomic E-state index is -0.256. The number of aliphatic hydroxyl groups excluding tert-OH is 1. The summed E-state index contributed by atoms with van der Waals surface area (Å²) < 4.78 is 0. The molecular weight excluding hydrogens is 386 g/mol. The molecule has 0 radical (unpaired) electrons. The molecule has 1 aromatic heterocycles. The topological polar surface area (TPSA) is 64.1 Å². The Kier molecular flexibility index (Phi) is 5.54. The number of β-amino-alcohol motifs (C(OH)–C–C–N with tert-alkyl or cyclic N) is 1. The van der Waals surface area contributed by atoms with E-state index in [0.717, 1.165) is 29.1 Å². The average Bonchev–Trinajstić information content (AvgIpc) is 3.31. The number of carbonyl (C=O) groups is 2. The summed E-state index contributed by atoms with van der Waals surface area (Å²) in [6.45, 7) is 7.58. The molecule has 2 aliphatic rings. The molecule has 4 rings (SSSR count). The lowest BCUT2D eigenvalue weighted by Crippen LogP contribution is -2.48. The second kappa shape index (κ2) is 8.10. The van der Waals surface area contributed by atoms with Gasteiger partial charge >= 0.3 is 0 Å². The third-order valence-electron chi connectivity index (χ3n) is 5.68. The lowest BCUT2D eigenvalue weighted by molar-refractivity contribution is -0.120. The van der Waals surface area contributed by atoms with Crippen molar-refractivity contribution in [2.75, 3.05) is 44.2 Å². The zero-order valence-electron chi connectivity index (χ0n) is 16.7. The van der Waals surface area contributed by atoms with Crippen LogP contribution in [-0.2, 0) is 9.59 Å². The van der Waals surface area contributed by atoms with E-state index in [4.69, 9.17) is 0 Å². The largest absolute Gasteiger partial charge is 0.395 e. The molecule has 6 nitrogen and oxygen atoms in total. The third kappa shape index (κ3) is 3.61. The first-order valence-electron chi connectivity index (χ1n) is 9.83. The van der Waals surface area contributed by atoms with Crippen molar-refractivity contribution in [3.05, 3.63) is 57.4 Å². The van der Waals surface area contributed by atoms with Gasteiger partial charge in [0.25, 0.3) is 11.8 Å². The number of thiophene rings is 1. The smallest absolute Gasteiger partial charge is 0.282 e. The van der Waals surface area contributed by atoms with Gasteiger partial charge in [0.15, 0.2) is 0 Å². The Bertz CT molecular complexity index is 960. The predicted octanol–water partition coefficient (Wildman–Crippen LogP) is 2.26. The number of imide groups is 1. The third-order valence-corrected chi connectivity index (χ3v) is 6.57. The quantitative estimate of drug-likeness (QED) is 0.765. The van der Waals surface area contributed by atoms with Gasteiger partial charge < -0.3 is 10.0 Å². The molecule has 0 saturated carbocycles. The highest BCUT2D eigenvalue weighted by Crippen LogP contribution is 2.37. The minimum Gasteiger partial charge on any atom is -0.395 e. The van der Waals surface area contributed by atoms with Gasteiger partial charge in [-0.2, -0.15) is 0 Å². The summed E-state index contributed by atoms with van der Waals surface area (Å²) in [6, 6.07) is 9.49. The Labute approximate surface area is 174 Å². The Morgan fingerprint density at radius 3 is 2.38 bits per heavy atom. The van der Waals surface area contributed by atoms with Crippen molar-refractivity contribution in [2.45, 2.75) is 13.8 Å². The first-order valence-corrected chi connectivity index (χ1v) is 10.7. The maximum absolute atomic E-state index is 13.5. The van der Waals surface area contributed by atoms with Gasteiger partial charge in [-0.25, -0.2) is 4.90 Å². The number of hydrogen-bond donors (Lipinski definition) is 1. The lowest BCUT2D eigenvalue weighted by Gasteiger charge is -2.36. The molecule has 1 N–H and O–H groups in total. The van der Waals surface area contributed by atoms with E-state index in [-0.39, 0.29) is 18.4 Å². The number of nitrogens with zero attached hydrogens (tertiary/aromatic N) is 3. The van der Waals surface area contributed by atoms with Gasteiger partial charge in [0.1, 0.15) is 5.70 Å². The molecule has 1 aromatic carbocycles. The number of aryl methyl sites for hydroxylation is 2. The van der Waals surface area contributed by atoms with Crippen LogP contribution < -0.4 is 4.90 Å². The minimum absolute atomic E-state index is 0.126. The number of benzene rings is 1. The highest BCUT2D eigenvalue weighted by Gasteiger charge is 2.43. The molecule has 7 heteroatoms. The second-order valence-electron chi connectivity index (χ2n) is 7.47. The van der Waals surface area contributed by atoms with Gasteiger partial charge in [0, 0.05) is 37.6 Å². The molecule has 29 heavy (non-hydrogen) atoms. The molecule has 2 amide bonds. The summed E-state index contributed by atoms with van der Waals surface area (Å²) in [5, 5.41) is 11.1. The van der Waals surface area contributed by atoms with Crippen molar-refractivity contribution < 1.29 is 14.7 Å². The fourth-order valence-electron chi connectivity index (χ4n) is 3.89. The molecule has 0 unspecified atom stereocenters. The zero-order valence-corrected chi connectivity index (χ0v) is 17.5. The Balaban J connectivity index is 1.71. The Hall–Kier alpha value is -2.48. The van der Waals surface area contributed by atoms with E-state index in [0.29, 0.717) is 36.6 Å². The first-order chi connectivity index (χ1) is 14.0. The number of rotatable bonds is 5. The Morgan fingerprint density at radius 2 is 1.76 bits per heavy atom. The standard InChI is InChI=1S/C22H25N3O3S/c1-15-5-6-17(14-16(15)2)25-21(27)19(18-4-3-13-29-18)20(22(25)28)24-9-7-23(8-10-24)11-12-26/h3-6,13-14,26H,7-12H2,1-2H3. The summed E-state index contributed by atoms with van der Waals surface area (Å²) in [5.74, 6) is -0.509. The fraction of sp³-hybridized carbons (Fsp3) is 0.364. The number of carbonyl (C=O) groups excluding carboxylic acids is 2. The molecular formula is C22H25N3O3S. The van der Waals surface area contributed by atoms with Crippen LogP contribution in [0.25, 0.3) is 5.57 Å². The molecule has 152 valence electrons. The van der Waals surface area contributed by atoms with E-state index < -0.39 is 0 Å². The van der Waals surface area contributed by atoms with Gasteiger partial charge in [0.2, 0.25) is 0 Å². The number of amides is 2. The van der Waals surface area contributed by atoms with Crippen molar-refractivity contribution in [1.29, 1.82) is 0 Å². The van der Waals surface area contributed by atoms with E-state index in [1.165, 1.54) is 16.2 Å². The second-order valence-corrected chi connectivity index (χ2v) is 8.42. The number of piperazine rings is 1. The van der Waals surface area contributed by atoms with Crippen molar-refractivity contribution in [3.8, 4) is 0 Å². The van der Waals surface area contributed by atoms with Crippen LogP contribution in [0.5, 0.6) is 0 Å². The molecule has 2 aromatic rings. The lowest BCUT2D eigenvalue weighted by atomic mass is 10.1. The summed E-state index contributed by atoms with van der Waals surface area (Å²) >= 11 is 1.48. The van der Waals surface area contributed by atoms with E-state index in [2.05, 4.69) is 4.90 Å². The van der Waals surface area contributed by atoms with Crippen LogP contribution in [0.4, 0.5) is 5.69 Å². The van der Waals surface area contributed by atoms with Crippen molar-refractivity contribution in [1.82, 2.24) is 9.80 Å². The molecule has 1 fully saturated rings. The molecule has 0 spiro atoms. The van der Waals surface area contributed by atoms with Crippen molar-refractivity contribution in [2.24, 2.45) is 0 Å².